The Bertz CT molecular complexity index is 216. The first-order valence-corrected chi connectivity index (χ1v) is 7.27. The van der Waals surface area contributed by atoms with Crippen molar-refractivity contribution in [1.29, 1.82) is 0 Å². The van der Waals surface area contributed by atoms with E-state index in [2.05, 4.69) is 17.1 Å². The number of nitrogens with one attached hydrogen (secondary N) is 1. The van der Waals surface area contributed by atoms with Crippen molar-refractivity contribution in [2.24, 2.45) is 5.92 Å². The van der Waals surface area contributed by atoms with Crippen LogP contribution in [0.3, 0.4) is 0 Å². The molecule has 0 spiro atoms. The topological polar surface area (TPSA) is 24.5 Å². The van der Waals surface area contributed by atoms with Gasteiger partial charge < -0.3 is 15.0 Å². The SMILES string of the molecule is COCCC(C)N1CCCC(C2CCCN2)C1. The molecule has 0 saturated carbocycles. The zero-order valence-corrected chi connectivity index (χ0v) is 11.5. The molecular weight excluding hydrogens is 212 g/mol. The van der Waals surface area contributed by atoms with Gasteiger partial charge in [0.2, 0.25) is 0 Å². The Labute approximate surface area is 106 Å². The van der Waals surface area contributed by atoms with Gasteiger partial charge in [-0.3, -0.25) is 0 Å². The lowest BCUT2D eigenvalue weighted by Gasteiger charge is -2.39. The third-order valence-electron chi connectivity index (χ3n) is 4.52. The van der Waals surface area contributed by atoms with Crippen LogP contribution in [0.2, 0.25) is 0 Å². The molecule has 0 aromatic heterocycles. The van der Waals surface area contributed by atoms with Crippen molar-refractivity contribution in [3.05, 3.63) is 0 Å². The second-order valence-electron chi connectivity index (χ2n) is 5.73. The predicted octanol–water partition coefficient (Wildman–Crippen LogP) is 1.88. The van der Waals surface area contributed by atoms with Crippen molar-refractivity contribution in [2.75, 3.05) is 33.4 Å². The van der Waals surface area contributed by atoms with E-state index in [1.165, 1.54) is 51.7 Å². The summed E-state index contributed by atoms with van der Waals surface area (Å²) < 4.78 is 5.19. The molecule has 2 saturated heterocycles. The molecular formula is C14H28N2O. The zero-order chi connectivity index (χ0) is 12.1. The quantitative estimate of drug-likeness (QED) is 0.794. The van der Waals surface area contributed by atoms with Gasteiger partial charge in [0.1, 0.15) is 0 Å². The Morgan fingerprint density at radius 2 is 2.24 bits per heavy atom. The lowest BCUT2D eigenvalue weighted by atomic mass is 9.89. The molecule has 0 aromatic carbocycles. The summed E-state index contributed by atoms with van der Waals surface area (Å²) in [6.45, 7) is 7.06. The summed E-state index contributed by atoms with van der Waals surface area (Å²) in [7, 11) is 1.80. The molecule has 2 rings (SSSR count). The number of likely N-dealkylation sites (tertiary alicyclic amines) is 1. The van der Waals surface area contributed by atoms with E-state index in [0.717, 1.165) is 18.6 Å². The van der Waals surface area contributed by atoms with Gasteiger partial charge in [-0.1, -0.05) is 0 Å². The number of ether oxygens (including phenoxy) is 1. The third-order valence-corrected chi connectivity index (χ3v) is 4.52. The Hall–Kier alpha value is -0.120. The molecule has 0 bridgehead atoms. The van der Waals surface area contributed by atoms with Crippen LogP contribution >= 0.6 is 0 Å². The largest absolute Gasteiger partial charge is 0.385 e. The van der Waals surface area contributed by atoms with Crippen LogP contribution in [0.25, 0.3) is 0 Å². The van der Waals surface area contributed by atoms with Gasteiger partial charge in [0.25, 0.3) is 0 Å². The van der Waals surface area contributed by atoms with E-state index in [0.29, 0.717) is 6.04 Å². The van der Waals surface area contributed by atoms with Crippen molar-refractivity contribution >= 4 is 0 Å². The number of methoxy groups -OCH3 is 1. The van der Waals surface area contributed by atoms with Crippen LogP contribution in [0.15, 0.2) is 0 Å². The van der Waals surface area contributed by atoms with E-state index in [1.54, 1.807) is 7.11 Å². The summed E-state index contributed by atoms with van der Waals surface area (Å²) in [5, 5.41) is 3.68. The van der Waals surface area contributed by atoms with E-state index >= 15 is 0 Å². The number of hydrogen-bond donors (Lipinski definition) is 1. The summed E-state index contributed by atoms with van der Waals surface area (Å²) in [6.07, 6.45) is 6.73. The molecule has 100 valence electrons. The highest BCUT2D eigenvalue weighted by Crippen LogP contribution is 2.26. The molecule has 0 aliphatic carbocycles. The normalized spacial score (nSPS) is 32.8. The predicted molar refractivity (Wildman–Crippen MR) is 71.3 cm³/mol. The molecule has 3 nitrogen and oxygen atoms in total. The van der Waals surface area contributed by atoms with Gasteiger partial charge in [-0.05, 0) is 58.0 Å². The number of piperidine rings is 1. The van der Waals surface area contributed by atoms with E-state index in [-0.39, 0.29) is 0 Å². The van der Waals surface area contributed by atoms with Gasteiger partial charge in [0, 0.05) is 32.3 Å². The molecule has 0 radical (unpaired) electrons. The lowest BCUT2D eigenvalue weighted by molar-refractivity contribution is 0.0897. The van der Waals surface area contributed by atoms with Crippen molar-refractivity contribution in [3.8, 4) is 0 Å². The van der Waals surface area contributed by atoms with E-state index in [4.69, 9.17) is 4.74 Å². The lowest BCUT2D eigenvalue weighted by Crippen LogP contribution is -2.47. The zero-order valence-electron chi connectivity index (χ0n) is 11.5. The second-order valence-corrected chi connectivity index (χ2v) is 5.73. The summed E-state index contributed by atoms with van der Waals surface area (Å²) in [6, 6.07) is 1.48. The number of nitrogens with zero attached hydrogens (tertiary/aromatic N) is 1. The average Bonchev–Trinajstić information content (AvgIpc) is 2.90. The first-order chi connectivity index (χ1) is 8.31. The Morgan fingerprint density at radius 3 is 2.94 bits per heavy atom. The number of rotatable bonds is 5. The van der Waals surface area contributed by atoms with Gasteiger partial charge in [0.05, 0.1) is 0 Å². The first kappa shape index (κ1) is 13.3. The fraction of sp³-hybridized carbons (Fsp3) is 1.00. The Kier molecular flexibility index (Phi) is 5.26. The van der Waals surface area contributed by atoms with E-state index < -0.39 is 0 Å². The van der Waals surface area contributed by atoms with Crippen molar-refractivity contribution in [1.82, 2.24) is 10.2 Å². The fourth-order valence-electron chi connectivity index (χ4n) is 3.35. The van der Waals surface area contributed by atoms with Gasteiger partial charge in [0.15, 0.2) is 0 Å². The molecule has 3 atom stereocenters. The van der Waals surface area contributed by atoms with Crippen LogP contribution in [-0.4, -0.2) is 50.3 Å². The van der Waals surface area contributed by atoms with Crippen LogP contribution in [0, 0.1) is 5.92 Å². The molecule has 0 aromatic rings. The Balaban J connectivity index is 1.79. The van der Waals surface area contributed by atoms with Crippen LogP contribution in [0.5, 0.6) is 0 Å². The highest BCUT2D eigenvalue weighted by Gasteiger charge is 2.30. The highest BCUT2D eigenvalue weighted by molar-refractivity contribution is 4.87. The molecule has 2 aliphatic rings. The second kappa shape index (κ2) is 6.72. The molecule has 2 heterocycles. The standard InChI is InChI=1S/C14H28N2O/c1-12(7-10-17-2)16-9-4-5-13(11-16)14-6-3-8-15-14/h12-15H,3-11H2,1-2H3. The van der Waals surface area contributed by atoms with Crippen LogP contribution in [-0.2, 0) is 4.74 Å². The van der Waals surface area contributed by atoms with Gasteiger partial charge in [-0.2, -0.15) is 0 Å². The molecule has 3 unspecified atom stereocenters. The molecule has 1 N–H and O–H groups in total. The van der Waals surface area contributed by atoms with Crippen LogP contribution in [0.4, 0.5) is 0 Å². The minimum absolute atomic E-state index is 0.680. The maximum absolute atomic E-state index is 5.19. The molecule has 17 heavy (non-hydrogen) atoms. The third kappa shape index (κ3) is 3.67. The van der Waals surface area contributed by atoms with Crippen LogP contribution in [0.1, 0.15) is 39.0 Å². The summed E-state index contributed by atoms with van der Waals surface area (Å²) in [5.74, 6) is 0.885. The average molecular weight is 240 g/mol. The van der Waals surface area contributed by atoms with Crippen LogP contribution < -0.4 is 5.32 Å². The summed E-state index contributed by atoms with van der Waals surface area (Å²) >= 11 is 0. The molecule has 0 amide bonds. The van der Waals surface area contributed by atoms with Gasteiger partial charge in [-0.25, -0.2) is 0 Å². The van der Waals surface area contributed by atoms with E-state index in [9.17, 15) is 0 Å². The van der Waals surface area contributed by atoms with Crippen molar-refractivity contribution in [2.45, 2.75) is 51.1 Å². The smallest absolute Gasteiger partial charge is 0.0477 e. The van der Waals surface area contributed by atoms with E-state index in [1.807, 2.05) is 0 Å². The molecule has 2 fully saturated rings. The fourth-order valence-corrected chi connectivity index (χ4v) is 3.35. The summed E-state index contributed by atoms with van der Waals surface area (Å²) in [4.78, 5) is 2.67. The first-order valence-electron chi connectivity index (χ1n) is 7.27. The van der Waals surface area contributed by atoms with Crippen molar-refractivity contribution in [3.63, 3.8) is 0 Å². The number of hydrogen-bond acceptors (Lipinski definition) is 3. The Morgan fingerprint density at radius 1 is 1.35 bits per heavy atom. The monoisotopic (exact) mass is 240 g/mol. The van der Waals surface area contributed by atoms with Crippen molar-refractivity contribution < 1.29 is 4.74 Å². The minimum atomic E-state index is 0.680. The maximum atomic E-state index is 5.19. The molecule has 3 heteroatoms. The summed E-state index contributed by atoms with van der Waals surface area (Å²) in [5.41, 5.74) is 0. The van der Waals surface area contributed by atoms with Gasteiger partial charge >= 0.3 is 0 Å². The minimum Gasteiger partial charge on any atom is -0.385 e. The highest BCUT2D eigenvalue weighted by atomic mass is 16.5. The molecule has 2 aliphatic heterocycles. The van der Waals surface area contributed by atoms with Gasteiger partial charge in [-0.15, -0.1) is 0 Å². The maximum Gasteiger partial charge on any atom is 0.0477 e.